The molecule has 0 heterocycles. The first-order valence-corrected chi connectivity index (χ1v) is 3.14. The molecule has 0 rings (SSSR count). The van der Waals surface area contributed by atoms with Gasteiger partial charge < -0.3 is 5.73 Å². The zero-order valence-electron chi connectivity index (χ0n) is 5.82. The predicted octanol–water partition coefficient (Wildman–Crippen LogP) is 1.77. The first-order chi connectivity index (χ1) is 4.00. The first-order valence-electron chi connectivity index (χ1n) is 3.14. The third-order valence-electron chi connectivity index (χ3n) is 1.25. The SMILES string of the molecule is CCCC(F)(F)C(C)N. The van der Waals surface area contributed by atoms with Gasteiger partial charge in [-0.05, 0) is 6.92 Å². The van der Waals surface area contributed by atoms with Crippen LogP contribution in [0.5, 0.6) is 0 Å². The molecule has 3 heteroatoms. The smallest absolute Gasteiger partial charge is 0.262 e. The second-order valence-corrected chi connectivity index (χ2v) is 2.30. The highest BCUT2D eigenvalue weighted by atomic mass is 19.3. The Kier molecular flexibility index (Phi) is 3.04. The van der Waals surface area contributed by atoms with E-state index in [9.17, 15) is 8.78 Å². The minimum absolute atomic E-state index is 0.106. The van der Waals surface area contributed by atoms with Crippen LogP contribution in [0.15, 0.2) is 0 Å². The molecule has 0 saturated carbocycles. The van der Waals surface area contributed by atoms with Gasteiger partial charge >= 0.3 is 0 Å². The number of nitrogens with two attached hydrogens (primary N) is 1. The number of hydrogen-bond acceptors (Lipinski definition) is 1. The van der Waals surface area contributed by atoms with Crippen molar-refractivity contribution < 1.29 is 8.78 Å². The monoisotopic (exact) mass is 137 g/mol. The van der Waals surface area contributed by atoms with Crippen molar-refractivity contribution in [2.45, 2.75) is 38.7 Å². The molecule has 0 saturated heterocycles. The summed E-state index contributed by atoms with van der Waals surface area (Å²) in [5, 5.41) is 0. The second-order valence-electron chi connectivity index (χ2n) is 2.30. The Hall–Kier alpha value is -0.180. The van der Waals surface area contributed by atoms with E-state index in [0.29, 0.717) is 6.42 Å². The van der Waals surface area contributed by atoms with Crippen LogP contribution >= 0.6 is 0 Å². The molecular formula is C6H13F2N. The molecule has 0 aliphatic rings. The average molecular weight is 137 g/mol. The van der Waals surface area contributed by atoms with Crippen LogP contribution in [0.2, 0.25) is 0 Å². The lowest BCUT2D eigenvalue weighted by molar-refractivity contribution is -0.0282. The van der Waals surface area contributed by atoms with E-state index >= 15 is 0 Å². The summed E-state index contributed by atoms with van der Waals surface area (Å²) in [6.45, 7) is 3.05. The average Bonchev–Trinajstić information content (AvgIpc) is 1.65. The van der Waals surface area contributed by atoms with Gasteiger partial charge in [0.15, 0.2) is 0 Å². The fourth-order valence-electron chi connectivity index (χ4n) is 0.561. The summed E-state index contributed by atoms with van der Waals surface area (Å²) in [5.74, 6) is -2.67. The zero-order valence-corrected chi connectivity index (χ0v) is 5.82. The van der Waals surface area contributed by atoms with Crippen molar-refractivity contribution in [3.8, 4) is 0 Å². The Balaban J connectivity index is 3.70. The maximum Gasteiger partial charge on any atom is 0.262 e. The Morgan fingerprint density at radius 3 is 2.11 bits per heavy atom. The molecule has 9 heavy (non-hydrogen) atoms. The fourth-order valence-corrected chi connectivity index (χ4v) is 0.561. The summed E-state index contributed by atoms with van der Waals surface area (Å²) >= 11 is 0. The third-order valence-corrected chi connectivity index (χ3v) is 1.25. The van der Waals surface area contributed by atoms with E-state index in [4.69, 9.17) is 5.73 Å². The molecule has 2 N–H and O–H groups in total. The summed E-state index contributed by atoms with van der Waals surface area (Å²) in [5.41, 5.74) is 5.01. The maximum absolute atomic E-state index is 12.4. The summed E-state index contributed by atoms with van der Waals surface area (Å²) in [6.07, 6.45) is 0.374. The van der Waals surface area contributed by atoms with Gasteiger partial charge in [-0.25, -0.2) is 8.78 Å². The maximum atomic E-state index is 12.4. The van der Waals surface area contributed by atoms with Crippen LogP contribution in [-0.2, 0) is 0 Å². The molecule has 56 valence electrons. The van der Waals surface area contributed by atoms with Crippen molar-refractivity contribution in [2.75, 3.05) is 0 Å². The van der Waals surface area contributed by atoms with Gasteiger partial charge in [0.1, 0.15) is 0 Å². The third kappa shape index (κ3) is 2.75. The highest BCUT2D eigenvalue weighted by Crippen LogP contribution is 2.22. The first kappa shape index (κ1) is 8.82. The van der Waals surface area contributed by atoms with E-state index in [1.807, 2.05) is 0 Å². The summed E-state index contributed by atoms with van der Waals surface area (Å²) in [6, 6.07) is -1.02. The molecule has 1 atom stereocenters. The summed E-state index contributed by atoms with van der Waals surface area (Å²) < 4.78 is 24.8. The number of rotatable bonds is 3. The molecule has 0 amide bonds. The molecule has 0 fully saturated rings. The molecule has 0 radical (unpaired) electrons. The Morgan fingerprint density at radius 2 is 2.00 bits per heavy atom. The molecule has 1 unspecified atom stereocenters. The van der Waals surface area contributed by atoms with Gasteiger partial charge in [0.25, 0.3) is 5.92 Å². The standard InChI is InChI=1S/C6H13F2N/c1-3-4-6(7,8)5(2)9/h5H,3-4,9H2,1-2H3. The number of halogens is 2. The Morgan fingerprint density at radius 1 is 1.56 bits per heavy atom. The van der Waals surface area contributed by atoms with Gasteiger partial charge in [0.2, 0.25) is 0 Å². The van der Waals surface area contributed by atoms with Crippen molar-refractivity contribution in [3.05, 3.63) is 0 Å². The van der Waals surface area contributed by atoms with Gasteiger partial charge in [-0.1, -0.05) is 13.3 Å². The van der Waals surface area contributed by atoms with E-state index in [1.54, 1.807) is 6.92 Å². The van der Waals surface area contributed by atoms with Crippen LogP contribution in [0, 0.1) is 0 Å². The molecule has 0 aliphatic carbocycles. The van der Waals surface area contributed by atoms with Crippen LogP contribution in [-0.4, -0.2) is 12.0 Å². The molecule has 0 aliphatic heterocycles. The quantitative estimate of drug-likeness (QED) is 0.630. The van der Waals surface area contributed by atoms with Crippen molar-refractivity contribution in [1.82, 2.24) is 0 Å². The minimum Gasteiger partial charge on any atom is -0.323 e. The van der Waals surface area contributed by atoms with E-state index in [2.05, 4.69) is 0 Å². The Bertz CT molecular complexity index is 81.1. The van der Waals surface area contributed by atoms with E-state index in [1.165, 1.54) is 6.92 Å². The lowest BCUT2D eigenvalue weighted by atomic mass is 10.1. The summed E-state index contributed by atoms with van der Waals surface area (Å²) in [4.78, 5) is 0. The fraction of sp³-hybridized carbons (Fsp3) is 1.00. The topological polar surface area (TPSA) is 26.0 Å². The molecule has 1 nitrogen and oxygen atoms in total. The van der Waals surface area contributed by atoms with Gasteiger partial charge in [0.05, 0.1) is 6.04 Å². The molecule has 0 aromatic carbocycles. The normalized spacial score (nSPS) is 15.7. The lowest BCUT2D eigenvalue weighted by Gasteiger charge is -2.18. The molecule has 0 spiro atoms. The van der Waals surface area contributed by atoms with Gasteiger partial charge in [-0.2, -0.15) is 0 Å². The highest BCUT2D eigenvalue weighted by molar-refractivity contribution is 4.74. The van der Waals surface area contributed by atoms with Crippen LogP contribution in [0.25, 0.3) is 0 Å². The van der Waals surface area contributed by atoms with Crippen LogP contribution in [0.3, 0.4) is 0 Å². The van der Waals surface area contributed by atoms with Crippen molar-refractivity contribution >= 4 is 0 Å². The van der Waals surface area contributed by atoms with Crippen LogP contribution in [0.1, 0.15) is 26.7 Å². The molecule has 0 aromatic rings. The highest BCUT2D eigenvalue weighted by Gasteiger charge is 2.31. The molecule has 0 bridgehead atoms. The lowest BCUT2D eigenvalue weighted by Crippen LogP contribution is -2.37. The second kappa shape index (κ2) is 3.11. The summed E-state index contributed by atoms with van der Waals surface area (Å²) in [7, 11) is 0. The van der Waals surface area contributed by atoms with Gasteiger partial charge in [-0.15, -0.1) is 0 Å². The van der Waals surface area contributed by atoms with Gasteiger partial charge in [-0.3, -0.25) is 0 Å². The molecule has 0 aromatic heterocycles. The molecular weight excluding hydrogens is 124 g/mol. The predicted molar refractivity (Wildman–Crippen MR) is 33.5 cm³/mol. The van der Waals surface area contributed by atoms with Crippen molar-refractivity contribution in [2.24, 2.45) is 5.73 Å². The van der Waals surface area contributed by atoms with E-state index in [-0.39, 0.29) is 6.42 Å². The Labute approximate surface area is 54.2 Å². The van der Waals surface area contributed by atoms with Crippen molar-refractivity contribution in [3.63, 3.8) is 0 Å². The number of hydrogen-bond donors (Lipinski definition) is 1. The number of alkyl halides is 2. The minimum atomic E-state index is -2.67. The zero-order chi connectivity index (χ0) is 7.49. The van der Waals surface area contributed by atoms with Gasteiger partial charge in [0, 0.05) is 6.42 Å². The van der Waals surface area contributed by atoms with Crippen LogP contribution in [0.4, 0.5) is 8.78 Å². The van der Waals surface area contributed by atoms with E-state index < -0.39 is 12.0 Å². The van der Waals surface area contributed by atoms with Crippen LogP contribution < -0.4 is 5.73 Å². The van der Waals surface area contributed by atoms with E-state index in [0.717, 1.165) is 0 Å². The largest absolute Gasteiger partial charge is 0.323 e. The van der Waals surface area contributed by atoms with Crippen molar-refractivity contribution in [1.29, 1.82) is 0 Å².